The predicted molar refractivity (Wildman–Crippen MR) is 194 cm³/mol. The number of aromatic nitrogens is 2. The highest BCUT2D eigenvalue weighted by molar-refractivity contribution is 7.94. The maximum atomic E-state index is 13.6. The molecule has 1 aliphatic rings. The molecule has 6 aromatic rings. The van der Waals surface area contributed by atoms with Gasteiger partial charge in [-0.15, -0.1) is 11.3 Å². The van der Waals surface area contributed by atoms with Crippen molar-refractivity contribution in [2.45, 2.75) is 23.9 Å². The normalized spacial score (nSPS) is 14.2. The number of anilines is 1. The highest BCUT2D eigenvalue weighted by atomic mass is 32.2. The Morgan fingerprint density at radius 3 is 2.37 bits per heavy atom. The number of nitrogens with one attached hydrogen (secondary N) is 1. The number of carbonyl (C=O) groups excluding carboxylic acids is 1. The number of halogens is 3. The first-order valence-corrected chi connectivity index (χ1v) is 18.7. The number of hydrogen-bond acceptors (Lipinski definition) is 8. The molecule has 1 N–H and O–H groups in total. The van der Waals surface area contributed by atoms with E-state index < -0.39 is 22.8 Å². The molecule has 52 heavy (non-hydrogen) atoms. The monoisotopic (exact) mass is 749 g/mol. The Balaban J connectivity index is 0.946. The Kier molecular flexibility index (Phi) is 9.59. The number of sulfonamides is 1. The number of nitrogens with zero attached hydrogens (tertiary/aromatic N) is 4. The summed E-state index contributed by atoms with van der Waals surface area (Å²) in [5.74, 6) is 0.853. The molecule has 1 saturated heterocycles. The number of carbonyl (C=O) groups is 1. The summed E-state index contributed by atoms with van der Waals surface area (Å²) in [5.41, 5.74) is 3.64. The molecule has 1 aliphatic heterocycles. The minimum Gasteiger partial charge on any atom is -0.484 e. The van der Waals surface area contributed by atoms with Crippen molar-refractivity contribution in [2.75, 3.05) is 37.5 Å². The molecule has 7 rings (SSSR count). The molecule has 1 amide bonds. The smallest absolute Gasteiger partial charge is 0.422 e. The van der Waals surface area contributed by atoms with Gasteiger partial charge in [-0.25, -0.2) is 13.4 Å². The third kappa shape index (κ3) is 8.01. The number of hydrogen-bond donors (Lipinski definition) is 1. The quantitative estimate of drug-likeness (QED) is 0.154. The average Bonchev–Trinajstić information content (AvgIpc) is 3.69. The van der Waals surface area contributed by atoms with Crippen LogP contribution in [0.5, 0.6) is 17.4 Å². The molecular formula is C37H34F3N5O5S2. The number of amides is 1. The van der Waals surface area contributed by atoms with Gasteiger partial charge < -0.3 is 18.9 Å². The van der Waals surface area contributed by atoms with Crippen LogP contribution >= 0.6 is 11.3 Å². The van der Waals surface area contributed by atoms with Crippen molar-refractivity contribution >= 4 is 53.9 Å². The first-order chi connectivity index (χ1) is 24.8. The maximum Gasteiger partial charge on any atom is 0.422 e. The number of benzene rings is 3. The van der Waals surface area contributed by atoms with Gasteiger partial charge in [0.1, 0.15) is 21.4 Å². The van der Waals surface area contributed by atoms with Gasteiger partial charge in [-0.2, -0.15) is 13.2 Å². The number of pyridine rings is 1. The maximum absolute atomic E-state index is 13.6. The molecule has 0 atom stereocenters. The fourth-order valence-corrected chi connectivity index (χ4v) is 8.48. The van der Waals surface area contributed by atoms with Gasteiger partial charge in [0.05, 0.1) is 17.4 Å². The van der Waals surface area contributed by atoms with Gasteiger partial charge in [0.25, 0.3) is 15.9 Å². The molecule has 270 valence electrons. The standard InChI is InChI=1S/C37H34F3N5O5S2/c1-24-3-11-33-27(17-24)19-35(51-33)52(47,48)42-28-7-12-34(41-21-28)50-30-10-6-26-18-32(43(2)31(26)20-30)36(46)45-15-13-44(14-16-45)22-25-4-8-29(9-5-25)49-23-37(38,39)40/h3-12,17-21,42H,13-16,22-23H2,1-2H3. The van der Waals surface area contributed by atoms with Crippen LogP contribution in [0.1, 0.15) is 21.6 Å². The van der Waals surface area contributed by atoms with Crippen LogP contribution in [0.15, 0.2) is 95.3 Å². The van der Waals surface area contributed by atoms with Crippen LogP contribution in [0.2, 0.25) is 0 Å². The van der Waals surface area contributed by atoms with Crippen molar-refractivity contribution in [3.8, 4) is 17.4 Å². The first-order valence-electron chi connectivity index (χ1n) is 16.4. The fourth-order valence-electron chi connectivity index (χ4n) is 6.06. The molecule has 0 bridgehead atoms. The first kappa shape index (κ1) is 35.3. The summed E-state index contributed by atoms with van der Waals surface area (Å²) in [5, 5.41) is 1.74. The van der Waals surface area contributed by atoms with Crippen molar-refractivity contribution in [3.63, 3.8) is 0 Å². The lowest BCUT2D eigenvalue weighted by Gasteiger charge is -2.34. The van der Waals surface area contributed by atoms with Gasteiger partial charge >= 0.3 is 6.18 Å². The molecule has 3 aromatic heterocycles. The zero-order valence-electron chi connectivity index (χ0n) is 28.2. The van der Waals surface area contributed by atoms with Gasteiger partial charge in [0, 0.05) is 62.0 Å². The zero-order chi connectivity index (χ0) is 36.6. The van der Waals surface area contributed by atoms with Crippen LogP contribution < -0.4 is 14.2 Å². The van der Waals surface area contributed by atoms with E-state index >= 15 is 0 Å². The number of rotatable bonds is 10. The zero-order valence-corrected chi connectivity index (χ0v) is 29.8. The number of piperazine rings is 1. The van der Waals surface area contributed by atoms with Crippen LogP contribution in [0, 0.1) is 6.92 Å². The van der Waals surface area contributed by atoms with Crippen molar-refractivity contribution in [1.29, 1.82) is 0 Å². The van der Waals surface area contributed by atoms with Crippen LogP contribution in [-0.2, 0) is 23.6 Å². The summed E-state index contributed by atoms with van der Waals surface area (Å²) >= 11 is 1.20. The highest BCUT2D eigenvalue weighted by Crippen LogP contribution is 2.32. The highest BCUT2D eigenvalue weighted by Gasteiger charge is 2.29. The molecule has 3 aromatic carbocycles. The summed E-state index contributed by atoms with van der Waals surface area (Å²) in [6, 6.07) is 24.5. The lowest BCUT2D eigenvalue weighted by atomic mass is 10.2. The summed E-state index contributed by atoms with van der Waals surface area (Å²) < 4.78 is 79.7. The average molecular weight is 750 g/mol. The largest absolute Gasteiger partial charge is 0.484 e. The van der Waals surface area contributed by atoms with E-state index in [2.05, 4.69) is 14.6 Å². The molecule has 0 unspecified atom stereocenters. The number of fused-ring (bicyclic) bond motifs is 2. The topological polar surface area (TPSA) is 106 Å². The molecule has 0 spiro atoms. The van der Waals surface area contributed by atoms with E-state index in [1.165, 1.54) is 29.7 Å². The summed E-state index contributed by atoms with van der Waals surface area (Å²) in [4.78, 5) is 21.9. The van der Waals surface area contributed by atoms with E-state index in [-0.39, 0.29) is 21.7 Å². The molecular weight excluding hydrogens is 716 g/mol. The van der Waals surface area contributed by atoms with Crippen molar-refractivity contribution in [1.82, 2.24) is 19.4 Å². The molecule has 1 fully saturated rings. The molecule has 4 heterocycles. The fraction of sp³-hybridized carbons (Fsp3) is 0.243. The number of thiophene rings is 1. The van der Waals surface area contributed by atoms with E-state index in [1.54, 1.807) is 36.4 Å². The molecule has 0 aliphatic carbocycles. The Bertz CT molecular complexity index is 2350. The number of alkyl halides is 3. The second kappa shape index (κ2) is 14.1. The minimum atomic E-state index is -4.39. The van der Waals surface area contributed by atoms with Crippen LogP contribution in [-0.4, -0.2) is 72.6 Å². The Morgan fingerprint density at radius 2 is 1.65 bits per heavy atom. The summed E-state index contributed by atoms with van der Waals surface area (Å²) in [6.45, 7) is 3.60. The van der Waals surface area contributed by atoms with Gasteiger partial charge in [-0.05, 0) is 66.4 Å². The van der Waals surface area contributed by atoms with Crippen molar-refractivity contribution < 1.29 is 35.9 Å². The Morgan fingerprint density at radius 1 is 0.904 bits per heavy atom. The van der Waals surface area contributed by atoms with Gasteiger partial charge in [-0.1, -0.05) is 29.8 Å². The van der Waals surface area contributed by atoms with Gasteiger partial charge in [0.2, 0.25) is 5.88 Å². The second-order valence-corrected chi connectivity index (χ2v) is 15.6. The van der Waals surface area contributed by atoms with Crippen molar-refractivity contribution in [3.05, 3.63) is 108 Å². The lowest BCUT2D eigenvalue weighted by molar-refractivity contribution is -0.153. The van der Waals surface area contributed by atoms with Crippen LogP contribution in [0.25, 0.3) is 21.0 Å². The third-order valence-corrected chi connectivity index (χ3v) is 11.7. The van der Waals surface area contributed by atoms with E-state index in [9.17, 15) is 26.4 Å². The lowest BCUT2D eigenvalue weighted by Crippen LogP contribution is -2.48. The molecule has 15 heteroatoms. The Hall–Kier alpha value is -5.12. The summed E-state index contributed by atoms with van der Waals surface area (Å²) in [7, 11) is -1.98. The van der Waals surface area contributed by atoms with E-state index in [1.807, 2.05) is 59.8 Å². The van der Waals surface area contributed by atoms with Crippen molar-refractivity contribution in [2.24, 2.45) is 7.05 Å². The Labute approximate surface area is 302 Å². The molecule has 0 radical (unpaired) electrons. The molecule has 10 nitrogen and oxygen atoms in total. The minimum absolute atomic E-state index is 0.0857. The van der Waals surface area contributed by atoms with Gasteiger partial charge in [0.15, 0.2) is 6.61 Å². The van der Waals surface area contributed by atoms with E-state index in [0.717, 1.165) is 32.1 Å². The third-order valence-electron chi connectivity index (χ3n) is 8.75. The molecule has 0 saturated carbocycles. The van der Waals surface area contributed by atoms with Gasteiger partial charge in [-0.3, -0.25) is 14.4 Å². The van der Waals surface area contributed by atoms with Crippen LogP contribution in [0.3, 0.4) is 0 Å². The number of ether oxygens (including phenoxy) is 2. The van der Waals surface area contributed by atoms with Crippen LogP contribution in [0.4, 0.5) is 18.9 Å². The number of aryl methyl sites for hydroxylation is 2. The second-order valence-electron chi connectivity index (χ2n) is 12.6. The van der Waals surface area contributed by atoms with E-state index in [0.29, 0.717) is 49.9 Å². The summed E-state index contributed by atoms with van der Waals surface area (Å²) in [6.07, 6.45) is -2.99. The SMILES string of the molecule is Cc1ccc2sc(S(=O)(=O)Nc3ccc(Oc4ccc5cc(C(=O)N6CCN(Cc7ccc(OCC(F)(F)F)cc7)CC6)n(C)c5c4)nc3)cc2c1. The predicted octanol–water partition coefficient (Wildman–Crippen LogP) is 7.59. The van der Waals surface area contributed by atoms with E-state index in [4.69, 9.17) is 9.47 Å².